The number of rotatable bonds is 1. The molecule has 1 aliphatic heterocycles. The molecule has 1 fully saturated rings. The predicted molar refractivity (Wildman–Crippen MR) is 75.3 cm³/mol. The number of amides is 1. The fourth-order valence-corrected chi connectivity index (χ4v) is 3.33. The first-order chi connectivity index (χ1) is 9.16. The number of nitrogens with zero attached hydrogens (tertiary/aromatic N) is 2. The SMILES string of the molecule is CC1CN(C(=O)c2sc3cnccc3c2N)CCO1. The van der Waals surface area contributed by atoms with Crippen LogP contribution in [-0.4, -0.2) is 41.6 Å². The third-order valence-corrected chi connectivity index (χ3v) is 4.40. The van der Waals surface area contributed by atoms with Crippen LogP contribution in [0.4, 0.5) is 5.69 Å². The van der Waals surface area contributed by atoms with Crippen molar-refractivity contribution in [3.63, 3.8) is 0 Å². The zero-order valence-corrected chi connectivity index (χ0v) is 11.4. The third-order valence-electron chi connectivity index (χ3n) is 3.25. The molecular formula is C13H15N3O2S. The van der Waals surface area contributed by atoms with Crippen molar-refractivity contribution in [1.29, 1.82) is 0 Å². The number of nitrogen functional groups attached to an aromatic ring is 1. The number of ether oxygens (including phenoxy) is 1. The Morgan fingerprint density at radius 1 is 1.63 bits per heavy atom. The topological polar surface area (TPSA) is 68.5 Å². The van der Waals surface area contributed by atoms with E-state index in [1.807, 2.05) is 17.9 Å². The van der Waals surface area contributed by atoms with E-state index in [1.54, 1.807) is 12.4 Å². The van der Waals surface area contributed by atoms with Crippen LogP contribution in [0.15, 0.2) is 18.5 Å². The summed E-state index contributed by atoms with van der Waals surface area (Å²) in [5.74, 6) is -0.00569. The maximum atomic E-state index is 12.5. The molecule has 3 heterocycles. The fraction of sp³-hybridized carbons (Fsp3) is 0.385. The molecule has 2 aromatic rings. The quantitative estimate of drug-likeness (QED) is 0.862. The Morgan fingerprint density at radius 2 is 2.47 bits per heavy atom. The molecule has 100 valence electrons. The normalized spacial score (nSPS) is 19.8. The van der Waals surface area contributed by atoms with Gasteiger partial charge in [-0.25, -0.2) is 0 Å². The highest BCUT2D eigenvalue weighted by Gasteiger charge is 2.26. The molecule has 2 N–H and O–H groups in total. The number of hydrogen-bond donors (Lipinski definition) is 1. The highest BCUT2D eigenvalue weighted by molar-refractivity contribution is 7.21. The van der Waals surface area contributed by atoms with Gasteiger partial charge in [0, 0.05) is 30.9 Å². The molecule has 1 amide bonds. The van der Waals surface area contributed by atoms with Crippen molar-refractivity contribution in [2.24, 2.45) is 0 Å². The van der Waals surface area contributed by atoms with Crippen LogP contribution in [0.5, 0.6) is 0 Å². The van der Waals surface area contributed by atoms with Gasteiger partial charge in [-0.3, -0.25) is 9.78 Å². The van der Waals surface area contributed by atoms with E-state index in [0.29, 0.717) is 30.3 Å². The number of carbonyl (C=O) groups is 1. The van der Waals surface area contributed by atoms with Crippen molar-refractivity contribution in [2.75, 3.05) is 25.4 Å². The molecular weight excluding hydrogens is 262 g/mol. The van der Waals surface area contributed by atoms with E-state index < -0.39 is 0 Å². The minimum atomic E-state index is -0.00569. The van der Waals surface area contributed by atoms with Gasteiger partial charge in [0.2, 0.25) is 0 Å². The molecule has 5 nitrogen and oxygen atoms in total. The van der Waals surface area contributed by atoms with Gasteiger partial charge in [0.15, 0.2) is 0 Å². The van der Waals surface area contributed by atoms with Gasteiger partial charge in [0.1, 0.15) is 4.88 Å². The van der Waals surface area contributed by atoms with Crippen LogP contribution in [0.1, 0.15) is 16.6 Å². The average molecular weight is 277 g/mol. The minimum Gasteiger partial charge on any atom is -0.397 e. The van der Waals surface area contributed by atoms with Crippen LogP contribution < -0.4 is 5.73 Å². The number of hydrogen-bond acceptors (Lipinski definition) is 5. The van der Waals surface area contributed by atoms with Crippen molar-refractivity contribution < 1.29 is 9.53 Å². The fourth-order valence-electron chi connectivity index (χ4n) is 2.28. The lowest BCUT2D eigenvalue weighted by molar-refractivity contribution is -0.0122. The minimum absolute atomic E-state index is 0.00569. The zero-order valence-electron chi connectivity index (χ0n) is 10.6. The van der Waals surface area contributed by atoms with Crippen LogP contribution in [0.3, 0.4) is 0 Å². The largest absolute Gasteiger partial charge is 0.397 e. The van der Waals surface area contributed by atoms with Crippen molar-refractivity contribution in [3.8, 4) is 0 Å². The first kappa shape index (κ1) is 12.4. The summed E-state index contributed by atoms with van der Waals surface area (Å²) in [6.07, 6.45) is 3.51. The highest BCUT2D eigenvalue weighted by Crippen LogP contribution is 2.33. The molecule has 0 aromatic carbocycles. The summed E-state index contributed by atoms with van der Waals surface area (Å²) in [4.78, 5) is 19.0. The van der Waals surface area contributed by atoms with Crippen LogP contribution in [0.25, 0.3) is 10.1 Å². The van der Waals surface area contributed by atoms with E-state index in [1.165, 1.54) is 11.3 Å². The van der Waals surface area contributed by atoms with Crippen LogP contribution in [0.2, 0.25) is 0 Å². The number of fused-ring (bicyclic) bond motifs is 1. The second-order valence-electron chi connectivity index (χ2n) is 4.65. The Labute approximate surface area is 115 Å². The number of morpholine rings is 1. The van der Waals surface area contributed by atoms with Crippen LogP contribution >= 0.6 is 11.3 Å². The number of anilines is 1. The van der Waals surface area contributed by atoms with E-state index >= 15 is 0 Å². The van der Waals surface area contributed by atoms with Gasteiger partial charge in [-0.1, -0.05) is 0 Å². The van der Waals surface area contributed by atoms with Gasteiger partial charge in [-0.15, -0.1) is 11.3 Å². The molecule has 3 rings (SSSR count). The van der Waals surface area contributed by atoms with E-state index in [4.69, 9.17) is 10.5 Å². The van der Waals surface area contributed by atoms with E-state index in [9.17, 15) is 4.79 Å². The Bertz CT molecular complexity index is 625. The summed E-state index contributed by atoms with van der Waals surface area (Å²) in [7, 11) is 0. The highest BCUT2D eigenvalue weighted by atomic mass is 32.1. The Kier molecular flexibility index (Phi) is 3.12. The van der Waals surface area contributed by atoms with Gasteiger partial charge in [-0.2, -0.15) is 0 Å². The standard InChI is InChI=1S/C13H15N3O2S/c1-8-7-16(4-5-18-8)13(17)12-11(14)9-2-3-15-6-10(9)19-12/h2-3,6,8H,4-5,7,14H2,1H3. The molecule has 2 aromatic heterocycles. The predicted octanol–water partition coefficient (Wildman–Crippen LogP) is 1.74. The summed E-state index contributed by atoms with van der Waals surface area (Å²) >= 11 is 1.41. The van der Waals surface area contributed by atoms with E-state index in [-0.39, 0.29) is 12.0 Å². The summed E-state index contributed by atoms with van der Waals surface area (Å²) < 4.78 is 6.40. The summed E-state index contributed by atoms with van der Waals surface area (Å²) in [6, 6.07) is 1.85. The molecule has 0 saturated carbocycles. The second-order valence-corrected chi connectivity index (χ2v) is 5.70. The summed E-state index contributed by atoms with van der Waals surface area (Å²) in [6.45, 7) is 3.79. The van der Waals surface area contributed by atoms with Crippen LogP contribution in [-0.2, 0) is 4.74 Å². The molecule has 1 atom stereocenters. The van der Waals surface area contributed by atoms with Gasteiger partial charge >= 0.3 is 0 Å². The second kappa shape index (κ2) is 4.79. The Hall–Kier alpha value is -1.66. The summed E-state index contributed by atoms with van der Waals surface area (Å²) in [5, 5.41) is 0.907. The molecule has 0 aliphatic carbocycles. The molecule has 0 spiro atoms. The maximum absolute atomic E-state index is 12.5. The molecule has 0 radical (unpaired) electrons. The Balaban J connectivity index is 1.95. The average Bonchev–Trinajstić information content (AvgIpc) is 2.76. The van der Waals surface area contributed by atoms with Crippen molar-refractivity contribution >= 4 is 33.0 Å². The summed E-state index contributed by atoms with van der Waals surface area (Å²) in [5.41, 5.74) is 6.65. The molecule has 6 heteroatoms. The van der Waals surface area contributed by atoms with Crippen LogP contribution in [0, 0.1) is 0 Å². The molecule has 1 aliphatic rings. The number of pyridine rings is 1. The van der Waals surface area contributed by atoms with Crippen molar-refractivity contribution in [1.82, 2.24) is 9.88 Å². The molecule has 1 saturated heterocycles. The molecule has 0 bridgehead atoms. The van der Waals surface area contributed by atoms with Gasteiger partial charge in [0.25, 0.3) is 5.91 Å². The molecule has 1 unspecified atom stereocenters. The van der Waals surface area contributed by atoms with Gasteiger partial charge in [0.05, 0.1) is 23.1 Å². The lowest BCUT2D eigenvalue weighted by Crippen LogP contribution is -2.44. The van der Waals surface area contributed by atoms with Crippen molar-refractivity contribution in [3.05, 3.63) is 23.3 Å². The maximum Gasteiger partial charge on any atom is 0.266 e. The zero-order chi connectivity index (χ0) is 13.4. The first-order valence-electron chi connectivity index (χ1n) is 6.19. The smallest absolute Gasteiger partial charge is 0.266 e. The van der Waals surface area contributed by atoms with E-state index in [2.05, 4.69) is 4.98 Å². The number of carbonyl (C=O) groups excluding carboxylic acids is 1. The third kappa shape index (κ3) is 2.17. The number of aromatic nitrogens is 1. The van der Waals surface area contributed by atoms with Gasteiger partial charge in [-0.05, 0) is 13.0 Å². The van der Waals surface area contributed by atoms with E-state index in [0.717, 1.165) is 10.1 Å². The lowest BCUT2D eigenvalue weighted by Gasteiger charge is -2.30. The lowest BCUT2D eigenvalue weighted by atomic mass is 10.2. The monoisotopic (exact) mass is 277 g/mol. The number of thiophene rings is 1. The molecule has 19 heavy (non-hydrogen) atoms. The Morgan fingerprint density at radius 3 is 3.21 bits per heavy atom. The van der Waals surface area contributed by atoms with Gasteiger partial charge < -0.3 is 15.4 Å². The van der Waals surface area contributed by atoms with Crippen molar-refractivity contribution in [2.45, 2.75) is 13.0 Å². The first-order valence-corrected chi connectivity index (χ1v) is 7.01. The number of nitrogens with two attached hydrogens (primary N) is 1.